The predicted molar refractivity (Wildman–Crippen MR) is 44.9 cm³/mol. The van der Waals surface area contributed by atoms with Crippen LogP contribution in [-0.2, 0) is 0 Å². The Kier molecular flexibility index (Phi) is 5.70. The molecule has 0 saturated carbocycles. The molecule has 0 bridgehead atoms. The maximum Gasteiger partial charge on any atom is 0.0456 e. The Bertz CT molecular complexity index is 61.1. The average Bonchev–Trinajstić information content (AvgIpc) is 1.99. The molecule has 62 valence electrons. The van der Waals surface area contributed by atoms with Gasteiger partial charge in [0.1, 0.15) is 0 Å². The number of rotatable bonds is 5. The minimum Gasteiger partial charge on any atom is -0.396 e. The summed E-state index contributed by atoms with van der Waals surface area (Å²) < 4.78 is 0. The fraction of sp³-hybridized carbons (Fsp3) is 1.00. The molecule has 0 heterocycles. The first-order chi connectivity index (χ1) is 4.70. The molecule has 0 radical (unpaired) electrons. The third kappa shape index (κ3) is 4.80. The van der Waals surface area contributed by atoms with E-state index >= 15 is 0 Å². The van der Waals surface area contributed by atoms with Gasteiger partial charge in [-0.3, -0.25) is 0 Å². The van der Waals surface area contributed by atoms with E-state index in [9.17, 15) is 0 Å². The quantitative estimate of drug-likeness (QED) is 0.628. The Hall–Kier alpha value is -0.0400. The zero-order valence-corrected chi connectivity index (χ0v) is 7.43. The molecule has 0 aliphatic carbocycles. The van der Waals surface area contributed by atoms with E-state index in [0.29, 0.717) is 12.5 Å². The molecule has 1 N–H and O–H groups in total. The van der Waals surface area contributed by atoms with Gasteiger partial charge in [0.05, 0.1) is 0 Å². The molecule has 2 atom stereocenters. The lowest BCUT2D eigenvalue weighted by Crippen LogP contribution is -2.03. The summed E-state index contributed by atoms with van der Waals surface area (Å²) in [5.41, 5.74) is 0. The molecule has 0 rings (SSSR count). The van der Waals surface area contributed by atoms with Gasteiger partial charge in [-0.2, -0.15) is 0 Å². The molecular weight excluding hydrogens is 124 g/mol. The molecule has 10 heavy (non-hydrogen) atoms. The number of hydrogen-bond acceptors (Lipinski definition) is 1. The lowest BCUT2D eigenvalue weighted by atomic mass is 9.97. The second-order valence-electron chi connectivity index (χ2n) is 3.38. The fourth-order valence-electron chi connectivity index (χ4n) is 0.864. The third-order valence-corrected chi connectivity index (χ3v) is 2.16. The van der Waals surface area contributed by atoms with E-state index in [1.165, 1.54) is 19.3 Å². The predicted octanol–water partition coefficient (Wildman–Crippen LogP) is 2.44. The highest BCUT2D eigenvalue weighted by Gasteiger charge is 2.02. The van der Waals surface area contributed by atoms with E-state index in [-0.39, 0.29) is 0 Å². The lowest BCUT2D eigenvalue weighted by Gasteiger charge is -2.11. The van der Waals surface area contributed by atoms with Crippen molar-refractivity contribution in [2.45, 2.75) is 40.0 Å². The van der Waals surface area contributed by atoms with Crippen LogP contribution in [0.2, 0.25) is 0 Å². The summed E-state index contributed by atoms with van der Waals surface area (Å²) in [6.45, 7) is 6.93. The van der Waals surface area contributed by atoms with Crippen molar-refractivity contribution in [1.82, 2.24) is 0 Å². The molecule has 1 nitrogen and oxygen atoms in total. The van der Waals surface area contributed by atoms with Gasteiger partial charge in [-0.05, 0) is 18.3 Å². The summed E-state index contributed by atoms with van der Waals surface area (Å²) in [7, 11) is 0. The molecule has 0 saturated heterocycles. The summed E-state index contributed by atoms with van der Waals surface area (Å²) in [5.74, 6) is 1.32. The van der Waals surface area contributed by atoms with E-state index in [4.69, 9.17) is 5.11 Å². The fourth-order valence-corrected chi connectivity index (χ4v) is 0.864. The zero-order chi connectivity index (χ0) is 7.98. The van der Waals surface area contributed by atoms with Gasteiger partial charge in [-0.1, -0.05) is 33.6 Å². The van der Waals surface area contributed by atoms with Gasteiger partial charge in [-0.15, -0.1) is 0 Å². The third-order valence-electron chi connectivity index (χ3n) is 2.16. The molecule has 0 fully saturated rings. The second-order valence-corrected chi connectivity index (χ2v) is 3.38. The number of aliphatic hydroxyl groups excluding tert-OH is 1. The smallest absolute Gasteiger partial charge is 0.0456 e. The van der Waals surface area contributed by atoms with Gasteiger partial charge in [0, 0.05) is 6.61 Å². The van der Waals surface area contributed by atoms with Crippen LogP contribution in [0, 0.1) is 11.8 Å². The van der Waals surface area contributed by atoms with Gasteiger partial charge >= 0.3 is 0 Å². The van der Waals surface area contributed by atoms with Gasteiger partial charge < -0.3 is 5.11 Å². The first-order valence-electron chi connectivity index (χ1n) is 4.31. The highest BCUT2D eigenvalue weighted by atomic mass is 16.3. The Balaban J connectivity index is 3.17. The second kappa shape index (κ2) is 5.72. The molecule has 0 spiro atoms. The maximum absolute atomic E-state index is 8.72. The van der Waals surface area contributed by atoms with Crippen LogP contribution in [-0.4, -0.2) is 11.7 Å². The lowest BCUT2D eigenvalue weighted by molar-refractivity contribution is 0.222. The van der Waals surface area contributed by atoms with Gasteiger partial charge in [0.25, 0.3) is 0 Å². The Morgan fingerprint density at radius 1 is 1.10 bits per heavy atom. The van der Waals surface area contributed by atoms with Crippen LogP contribution in [0.1, 0.15) is 40.0 Å². The highest BCUT2D eigenvalue weighted by Crippen LogP contribution is 2.13. The van der Waals surface area contributed by atoms with Gasteiger partial charge in [0.15, 0.2) is 0 Å². The zero-order valence-electron chi connectivity index (χ0n) is 7.43. The van der Waals surface area contributed by atoms with Crippen LogP contribution in [0.15, 0.2) is 0 Å². The number of aliphatic hydroxyl groups is 1. The molecule has 1 heteroatoms. The molecule has 0 aliphatic heterocycles. The van der Waals surface area contributed by atoms with Crippen molar-refractivity contribution < 1.29 is 5.11 Å². The van der Waals surface area contributed by atoms with E-state index in [2.05, 4.69) is 20.8 Å². The van der Waals surface area contributed by atoms with Crippen LogP contribution in [0.25, 0.3) is 0 Å². The molecule has 0 amide bonds. The van der Waals surface area contributed by atoms with Crippen molar-refractivity contribution in [3.8, 4) is 0 Å². The standard InChI is InChI=1S/C9H20O/c1-4-8(2)5-6-9(3)7-10/h8-10H,4-7H2,1-3H3/t8-,9-/m1/s1. The van der Waals surface area contributed by atoms with E-state index in [1.807, 2.05) is 0 Å². The molecule has 0 aromatic rings. The van der Waals surface area contributed by atoms with Crippen LogP contribution in [0.3, 0.4) is 0 Å². The van der Waals surface area contributed by atoms with Crippen molar-refractivity contribution in [3.05, 3.63) is 0 Å². The number of hydrogen-bond donors (Lipinski definition) is 1. The van der Waals surface area contributed by atoms with Gasteiger partial charge in [-0.25, -0.2) is 0 Å². The first kappa shape index (κ1) is 9.96. The maximum atomic E-state index is 8.72. The molecule has 0 aromatic heterocycles. The summed E-state index contributed by atoms with van der Waals surface area (Å²) in [5, 5.41) is 8.72. The van der Waals surface area contributed by atoms with Crippen LogP contribution in [0.4, 0.5) is 0 Å². The average molecular weight is 144 g/mol. The summed E-state index contributed by atoms with van der Waals surface area (Å²) in [6, 6.07) is 0. The van der Waals surface area contributed by atoms with Crippen molar-refractivity contribution >= 4 is 0 Å². The van der Waals surface area contributed by atoms with E-state index in [1.54, 1.807) is 0 Å². The molecule has 0 aliphatic rings. The minimum absolute atomic E-state index is 0.344. The molecule has 0 aromatic carbocycles. The summed E-state index contributed by atoms with van der Waals surface area (Å²) >= 11 is 0. The normalized spacial score (nSPS) is 16.8. The Labute approximate surface area is 64.5 Å². The van der Waals surface area contributed by atoms with Crippen LogP contribution >= 0.6 is 0 Å². The summed E-state index contributed by atoms with van der Waals surface area (Å²) in [4.78, 5) is 0. The minimum atomic E-state index is 0.344. The Morgan fingerprint density at radius 3 is 2.00 bits per heavy atom. The largest absolute Gasteiger partial charge is 0.396 e. The monoisotopic (exact) mass is 144 g/mol. The van der Waals surface area contributed by atoms with Crippen molar-refractivity contribution in [3.63, 3.8) is 0 Å². The molecule has 0 unspecified atom stereocenters. The van der Waals surface area contributed by atoms with Crippen molar-refractivity contribution in [2.24, 2.45) is 11.8 Å². The van der Waals surface area contributed by atoms with Gasteiger partial charge in [0.2, 0.25) is 0 Å². The highest BCUT2D eigenvalue weighted by molar-refractivity contribution is 4.55. The van der Waals surface area contributed by atoms with Crippen molar-refractivity contribution in [1.29, 1.82) is 0 Å². The topological polar surface area (TPSA) is 20.2 Å². The van der Waals surface area contributed by atoms with Crippen LogP contribution in [0.5, 0.6) is 0 Å². The van der Waals surface area contributed by atoms with E-state index < -0.39 is 0 Å². The van der Waals surface area contributed by atoms with E-state index in [0.717, 1.165) is 5.92 Å². The first-order valence-corrected chi connectivity index (χ1v) is 4.31. The Morgan fingerprint density at radius 2 is 1.60 bits per heavy atom. The van der Waals surface area contributed by atoms with Crippen molar-refractivity contribution in [2.75, 3.05) is 6.61 Å². The molecular formula is C9H20O. The van der Waals surface area contributed by atoms with Crippen LogP contribution < -0.4 is 0 Å². The SMILES string of the molecule is CC[C@@H](C)CC[C@@H](C)CO. The summed E-state index contributed by atoms with van der Waals surface area (Å²) in [6.07, 6.45) is 3.70.